The number of benzene rings is 3. The zero-order chi connectivity index (χ0) is 24.5. The van der Waals surface area contributed by atoms with Crippen molar-refractivity contribution in [2.75, 3.05) is 19.1 Å². The molecule has 0 spiro atoms. The molecule has 0 aliphatic rings. The van der Waals surface area contributed by atoms with Gasteiger partial charge in [-0.3, -0.25) is 4.79 Å². The predicted molar refractivity (Wildman–Crippen MR) is 135 cm³/mol. The highest BCUT2D eigenvalue weighted by Crippen LogP contribution is 2.31. The highest BCUT2D eigenvalue weighted by molar-refractivity contribution is 9.10. The summed E-state index contributed by atoms with van der Waals surface area (Å²) in [4.78, 5) is 17.9. The lowest BCUT2D eigenvalue weighted by atomic mass is 10.2. The summed E-state index contributed by atoms with van der Waals surface area (Å²) in [5.41, 5.74) is 1.50. The molecule has 1 heterocycles. The standard InChI is InChI=1S/C23H18BrFN4O3S2/c1-28(2)34(31,32)19-10-5-16(6-11-19)22(30)29(26-14-15-3-7-17(24)8-4-15)23-27-20-12-9-18(25)13-21(20)33-23/h3-14H,1-2H3/b26-14+. The minimum absolute atomic E-state index is 0.0643. The molecule has 4 rings (SSSR count). The first-order valence-electron chi connectivity index (χ1n) is 9.88. The highest BCUT2D eigenvalue weighted by Gasteiger charge is 2.23. The molecule has 0 aliphatic heterocycles. The SMILES string of the molecule is CN(C)S(=O)(=O)c1ccc(C(=O)N(/N=C/c2ccc(Br)cc2)c2nc3ccc(F)cc3s2)cc1. The van der Waals surface area contributed by atoms with Crippen molar-refractivity contribution in [2.45, 2.75) is 4.90 Å². The summed E-state index contributed by atoms with van der Waals surface area (Å²) in [6.07, 6.45) is 1.52. The molecule has 0 bridgehead atoms. The van der Waals surface area contributed by atoms with Gasteiger partial charge in [0.05, 0.1) is 21.3 Å². The number of nitrogens with zero attached hydrogens (tertiary/aromatic N) is 4. The van der Waals surface area contributed by atoms with E-state index >= 15 is 0 Å². The number of carbonyl (C=O) groups is 1. The molecule has 3 aromatic carbocycles. The highest BCUT2D eigenvalue weighted by atomic mass is 79.9. The number of sulfonamides is 1. The lowest BCUT2D eigenvalue weighted by Crippen LogP contribution is -2.26. The number of hydrogen-bond acceptors (Lipinski definition) is 6. The van der Waals surface area contributed by atoms with Crippen molar-refractivity contribution >= 4 is 64.8 Å². The van der Waals surface area contributed by atoms with E-state index in [0.717, 1.165) is 30.7 Å². The van der Waals surface area contributed by atoms with E-state index in [2.05, 4.69) is 26.0 Å². The van der Waals surface area contributed by atoms with Crippen LogP contribution in [0.3, 0.4) is 0 Å². The number of hydrazone groups is 1. The Morgan fingerprint density at radius 3 is 2.38 bits per heavy atom. The van der Waals surface area contributed by atoms with Crippen LogP contribution in [-0.4, -0.2) is 43.9 Å². The average molecular weight is 561 g/mol. The smallest absolute Gasteiger partial charge is 0.267 e. The van der Waals surface area contributed by atoms with Crippen LogP contribution in [0.2, 0.25) is 0 Å². The number of fused-ring (bicyclic) bond motifs is 1. The number of amides is 1. The molecule has 174 valence electrons. The second kappa shape index (κ2) is 9.71. The molecule has 0 aliphatic carbocycles. The summed E-state index contributed by atoms with van der Waals surface area (Å²) in [6.45, 7) is 0. The first-order chi connectivity index (χ1) is 16.1. The number of halogens is 2. The minimum Gasteiger partial charge on any atom is -0.267 e. The van der Waals surface area contributed by atoms with Crippen molar-refractivity contribution in [1.82, 2.24) is 9.29 Å². The van der Waals surface area contributed by atoms with Crippen LogP contribution in [0.25, 0.3) is 10.2 Å². The van der Waals surface area contributed by atoms with Gasteiger partial charge in [-0.1, -0.05) is 39.4 Å². The Morgan fingerprint density at radius 2 is 1.74 bits per heavy atom. The average Bonchev–Trinajstić information content (AvgIpc) is 3.23. The summed E-state index contributed by atoms with van der Waals surface area (Å²) in [5.74, 6) is -0.918. The van der Waals surface area contributed by atoms with Crippen LogP contribution >= 0.6 is 27.3 Å². The van der Waals surface area contributed by atoms with E-state index < -0.39 is 21.7 Å². The summed E-state index contributed by atoms with van der Waals surface area (Å²) < 4.78 is 40.9. The van der Waals surface area contributed by atoms with Crippen LogP contribution in [0.1, 0.15) is 15.9 Å². The van der Waals surface area contributed by atoms with E-state index in [-0.39, 0.29) is 15.6 Å². The first kappa shape index (κ1) is 24.1. The fourth-order valence-electron chi connectivity index (χ4n) is 2.94. The topological polar surface area (TPSA) is 82.9 Å². The first-order valence-corrected chi connectivity index (χ1v) is 12.9. The molecule has 4 aromatic rings. The van der Waals surface area contributed by atoms with E-state index in [0.29, 0.717) is 10.2 Å². The van der Waals surface area contributed by atoms with Crippen molar-refractivity contribution in [3.05, 3.63) is 88.1 Å². The van der Waals surface area contributed by atoms with Gasteiger partial charge in [-0.15, -0.1) is 0 Å². The van der Waals surface area contributed by atoms with Gasteiger partial charge in [0.25, 0.3) is 5.91 Å². The maximum absolute atomic E-state index is 13.7. The Hall–Kier alpha value is -2.99. The largest absolute Gasteiger partial charge is 0.280 e. The Balaban J connectivity index is 1.73. The Labute approximate surface area is 208 Å². The van der Waals surface area contributed by atoms with Crippen LogP contribution in [-0.2, 0) is 10.0 Å². The molecule has 0 saturated carbocycles. The molecule has 1 amide bonds. The molecule has 0 fully saturated rings. The quantitative estimate of drug-likeness (QED) is 0.242. The van der Waals surface area contributed by atoms with Crippen molar-refractivity contribution in [3.8, 4) is 0 Å². The van der Waals surface area contributed by atoms with Gasteiger partial charge in [0.15, 0.2) is 0 Å². The van der Waals surface area contributed by atoms with Crippen molar-refractivity contribution in [1.29, 1.82) is 0 Å². The Morgan fingerprint density at radius 1 is 1.06 bits per heavy atom. The molecular weight excluding hydrogens is 543 g/mol. The predicted octanol–water partition coefficient (Wildman–Crippen LogP) is 5.13. The summed E-state index contributed by atoms with van der Waals surface area (Å²) in [7, 11) is -0.767. The van der Waals surface area contributed by atoms with Crippen LogP contribution in [0.4, 0.5) is 9.52 Å². The number of anilines is 1. The van der Waals surface area contributed by atoms with E-state index in [9.17, 15) is 17.6 Å². The number of rotatable bonds is 6. The molecular formula is C23H18BrFN4O3S2. The number of carbonyl (C=O) groups excluding carboxylic acids is 1. The van der Waals surface area contributed by atoms with Gasteiger partial charge in [-0.2, -0.15) is 10.1 Å². The molecule has 0 atom stereocenters. The number of hydrogen-bond donors (Lipinski definition) is 0. The lowest BCUT2D eigenvalue weighted by Gasteiger charge is -2.15. The van der Waals surface area contributed by atoms with Gasteiger partial charge in [0.1, 0.15) is 5.82 Å². The molecule has 1 aromatic heterocycles. The van der Waals surface area contributed by atoms with E-state index in [1.54, 1.807) is 0 Å². The third kappa shape index (κ3) is 5.07. The molecule has 34 heavy (non-hydrogen) atoms. The molecule has 0 unspecified atom stereocenters. The maximum atomic E-state index is 13.7. The summed E-state index contributed by atoms with van der Waals surface area (Å²) in [6, 6.07) is 17.1. The van der Waals surface area contributed by atoms with Crippen LogP contribution in [0.15, 0.2) is 81.2 Å². The molecule has 7 nitrogen and oxygen atoms in total. The van der Waals surface area contributed by atoms with Gasteiger partial charge in [0.2, 0.25) is 15.2 Å². The normalized spacial score (nSPS) is 12.0. The molecule has 0 N–H and O–H groups in total. The maximum Gasteiger partial charge on any atom is 0.280 e. The molecule has 0 radical (unpaired) electrons. The third-order valence-corrected chi connectivity index (χ3v) is 8.14. The van der Waals surface area contributed by atoms with Crippen molar-refractivity contribution in [3.63, 3.8) is 0 Å². The van der Waals surface area contributed by atoms with Crippen molar-refractivity contribution < 1.29 is 17.6 Å². The molecule has 0 saturated heterocycles. The molecule has 11 heteroatoms. The fraction of sp³-hybridized carbons (Fsp3) is 0.0870. The van der Waals surface area contributed by atoms with Crippen molar-refractivity contribution in [2.24, 2.45) is 5.10 Å². The Bertz CT molecular complexity index is 1490. The van der Waals surface area contributed by atoms with E-state index in [1.165, 1.54) is 62.8 Å². The van der Waals surface area contributed by atoms with Gasteiger partial charge in [-0.25, -0.2) is 22.1 Å². The zero-order valence-corrected chi connectivity index (χ0v) is 21.2. The fourth-order valence-corrected chi connectivity index (χ4v) is 5.05. The number of thiazole rings is 1. The second-order valence-electron chi connectivity index (χ2n) is 7.33. The van der Waals surface area contributed by atoms with E-state index in [1.807, 2.05) is 24.3 Å². The minimum atomic E-state index is -3.63. The van der Waals surface area contributed by atoms with Gasteiger partial charge >= 0.3 is 0 Å². The number of aromatic nitrogens is 1. The zero-order valence-electron chi connectivity index (χ0n) is 18.0. The second-order valence-corrected chi connectivity index (χ2v) is 11.4. The van der Waals surface area contributed by atoms with Crippen LogP contribution in [0, 0.1) is 5.82 Å². The Kier molecular flexibility index (Phi) is 6.89. The third-order valence-electron chi connectivity index (χ3n) is 4.78. The van der Waals surface area contributed by atoms with Gasteiger partial charge in [-0.05, 0) is 60.2 Å². The lowest BCUT2D eigenvalue weighted by molar-refractivity contribution is 0.0987. The van der Waals surface area contributed by atoms with Gasteiger partial charge < -0.3 is 0 Å². The summed E-state index contributed by atoms with van der Waals surface area (Å²) >= 11 is 4.50. The summed E-state index contributed by atoms with van der Waals surface area (Å²) in [5, 5.41) is 5.74. The van der Waals surface area contributed by atoms with E-state index in [4.69, 9.17) is 0 Å². The van der Waals surface area contributed by atoms with Gasteiger partial charge in [0, 0.05) is 24.1 Å². The monoisotopic (exact) mass is 560 g/mol. The van der Waals surface area contributed by atoms with Crippen LogP contribution < -0.4 is 5.01 Å². The van der Waals surface area contributed by atoms with Crippen LogP contribution in [0.5, 0.6) is 0 Å².